The second-order valence-corrected chi connectivity index (χ2v) is 6.98. The van der Waals surface area contributed by atoms with Gasteiger partial charge >= 0.3 is 5.97 Å². The summed E-state index contributed by atoms with van der Waals surface area (Å²) < 4.78 is 5.24. The van der Waals surface area contributed by atoms with Crippen LogP contribution in [0.25, 0.3) is 0 Å². The molecule has 5 heteroatoms. The van der Waals surface area contributed by atoms with Crippen LogP contribution in [-0.4, -0.2) is 35.7 Å². The maximum absolute atomic E-state index is 12.0. The highest BCUT2D eigenvalue weighted by Crippen LogP contribution is 2.31. The summed E-state index contributed by atoms with van der Waals surface area (Å²) >= 11 is 0. The number of hydrogen-bond acceptors (Lipinski definition) is 5. The van der Waals surface area contributed by atoms with Crippen LogP contribution in [-0.2, 0) is 11.3 Å². The molecular weight excluding hydrogens is 326 g/mol. The Morgan fingerprint density at radius 2 is 1.73 bits per heavy atom. The Balaban J connectivity index is 1.38. The molecule has 0 saturated carbocycles. The number of ether oxygens (including phenoxy) is 1. The van der Waals surface area contributed by atoms with Gasteiger partial charge in [-0.1, -0.05) is 48.5 Å². The van der Waals surface area contributed by atoms with E-state index >= 15 is 0 Å². The molecular formula is C21H23N3O2. The van der Waals surface area contributed by atoms with E-state index in [1.807, 2.05) is 24.3 Å². The highest BCUT2D eigenvalue weighted by molar-refractivity contribution is 6.38. The van der Waals surface area contributed by atoms with E-state index in [1.54, 1.807) is 6.07 Å². The molecule has 2 N–H and O–H groups in total. The van der Waals surface area contributed by atoms with Crippen LogP contribution < -0.4 is 10.1 Å². The maximum Gasteiger partial charge on any atom is 0.359 e. The molecule has 0 amide bonds. The smallest absolute Gasteiger partial charge is 0.359 e. The molecule has 2 heterocycles. The van der Waals surface area contributed by atoms with Crippen molar-refractivity contribution in [2.75, 3.05) is 13.1 Å². The summed E-state index contributed by atoms with van der Waals surface area (Å²) in [4.78, 5) is 14.4. The number of fused-ring (bicyclic) bond motifs is 1. The fraction of sp³-hybridized carbons (Fsp3) is 0.333. The van der Waals surface area contributed by atoms with E-state index in [-0.39, 0.29) is 11.8 Å². The lowest BCUT2D eigenvalue weighted by molar-refractivity contribution is -0.127. The number of nitrogens with zero attached hydrogens (tertiary/aromatic N) is 1. The second-order valence-electron chi connectivity index (χ2n) is 6.98. The quantitative estimate of drug-likeness (QED) is 0.658. The van der Waals surface area contributed by atoms with E-state index in [0.717, 1.165) is 38.0 Å². The molecule has 134 valence electrons. The van der Waals surface area contributed by atoms with E-state index < -0.39 is 5.97 Å². The van der Waals surface area contributed by atoms with Crippen LogP contribution in [0.2, 0.25) is 0 Å². The fourth-order valence-electron chi connectivity index (χ4n) is 3.75. The molecule has 2 aliphatic heterocycles. The summed E-state index contributed by atoms with van der Waals surface area (Å²) in [5.41, 5.74) is 2.21. The summed E-state index contributed by atoms with van der Waals surface area (Å²) in [7, 11) is 0. The Bertz CT molecular complexity index is 798. The van der Waals surface area contributed by atoms with Crippen molar-refractivity contribution in [3.05, 3.63) is 65.7 Å². The summed E-state index contributed by atoms with van der Waals surface area (Å²) in [6.07, 6.45) is 2.02. The molecule has 1 fully saturated rings. The van der Waals surface area contributed by atoms with E-state index in [1.165, 1.54) is 5.56 Å². The zero-order valence-electron chi connectivity index (χ0n) is 14.7. The van der Waals surface area contributed by atoms with Crippen molar-refractivity contribution >= 4 is 11.7 Å². The van der Waals surface area contributed by atoms with Gasteiger partial charge in [0.2, 0.25) is 0 Å². The number of piperidine rings is 1. The van der Waals surface area contributed by atoms with E-state index in [9.17, 15) is 4.79 Å². The van der Waals surface area contributed by atoms with Crippen LogP contribution in [0.5, 0.6) is 5.75 Å². The van der Waals surface area contributed by atoms with Gasteiger partial charge in [0.15, 0.2) is 0 Å². The number of hydrogen-bond donors (Lipinski definition) is 2. The lowest BCUT2D eigenvalue weighted by Gasteiger charge is -2.35. The molecule has 0 radical (unpaired) electrons. The van der Waals surface area contributed by atoms with Crippen LogP contribution in [0.4, 0.5) is 0 Å². The van der Waals surface area contributed by atoms with Crippen molar-refractivity contribution in [2.45, 2.75) is 31.5 Å². The number of rotatable bonds is 4. The summed E-state index contributed by atoms with van der Waals surface area (Å²) in [6.45, 7) is 3.00. The van der Waals surface area contributed by atoms with Crippen molar-refractivity contribution in [3.8, 4) is 5.75 Å². The third-order valence-corrected chi connectivity index (χ3v) is 5.18. The molecule has 0 bridgehead atoms. The van der Waals surface area contributed by atoms with Gasteiger partial charge in [0.25, 0.3) is 0 Å². The SMILES string of the molecule is N=C1C(=O)Oc2ccccc2C1NC1CCN(Cc2ccccc2)CC1. The molecule has 0 aromatic heterocycles. The lowest BCUT2D eigenvalue weighted by atomic mass is 9.95. The largest absolute Gasteiger partial charge is 0.422 e. The third kappa shape index (κ3) is 3.54. The Morgan fingerprint density at radius 3 is 2.50 bits per heavy atom. The second kappa shape index (κ2) is 7.40. The molecule has 1 saturated heterocycles. The van der Waals surface area contributed by atoms with Crippen LogP contribution in [0.1, 0.15) is 30.0 Å². The van der Waals surface area contributed by atoms with Crippen LogP contribution >= 0.6 is 0 Å². The number of carbonyl (C=O) groups is 1. The Labute approximate surface area is 153 Å². The van der Waals surface area contributed by atoms with Gasteiger partial charge in [-0.15, -0.1) is 0 Å². The number of para-hydroxylation sites is 1. The van der Waals surface area contributed by atoms with Crippen molar-refractivity contribution in [3.63, 3.8) is 0 Å². The number of likely N-dealkylation sites (tertiary alicyclic amines) is 1. The number of benzene rings is 2. The fourth-order valence-corrected chi connectivity index (χ4v) is 3.75. The van der Waals surface area contributed by atoms with Gasteiger partial charge in [-0.25, -0.2) is 4.79 Å². The molecule has 2 aromatic carbocycles. The minimum absolute atomic E-state index is 0.00425. The third-order valence-electron chi connectivity index (χ3n) is 5.18. The molecule has 0 aliphatic carbocycles. The van der Waals surface area contributed by atoms with Crippen molar-refractivity contribution in [2.24, 2.45) is 0 Å². The Kier molecular flexibility index (Phi) is 4.82. The molecule has 2 aromatic rings. The number of esters is 1. The normalized spacial score (nSPS) is 21.3. The zero-order chi connectivity index (χ0) is 17.9. The molecule has 2 aliphatic rings. The van der Waals surface area contributed by atoms with E-state index in [4.69, 9.17) is 10.1 Å². The number of nitrogens with one attached hydrogen (secondary N) is 2. The average Bonchev–Trinajstić information content (AvgIpc) is 2.67. The minimum Gasteiger partial charge on any atom is -0.422 e. The van der Waals surface area contributed by atoms with Gasteiger partial charge in [-0.3, -0.25) is 10.3 Å². The first-order chi connectivity index (χ1) is 12.7. The molecule has 1 unspecified atom stereocenters. The van der Waals surface area contributed by atoms with Gasteiger partial charge in [-0.2, -0.15) is 0 Å². The summed E-state index contributed by atoms with van der Waals surface area (Å²) in [5.74, 6) is 0.00947. The summed E-state index contributed by atoms with van der Waals surface area (Å²) in [5, 5.41) is 11.7. The Morgan fingerprint density at radius 1 is 1.04 bits per heavy atom. The molecule has 1 atom stereocenters. The first kappa shape index (κ1) is 16.9. The van der Waals surface area contributed by atoms with Crippen molar-refractivity contribution in [1.29, 1.82) is 5.41 Å². The number of carbonyl (C=O) groups excluding carboxylic acids is 1. The predicted molar refractivity (Wildman–Crippen MR) is 100 cm³/mol. The highest BCUT2D eigenvalue weighted by atomic mass is 16.5. The van der Waals surface area contributed by atoms with Crippen molar-refractivity contribution in [1.82, 2.24) is 10.2 Å². The minimum atomic E-state index is -0.553. The summed E-state index contributed by atoms with van der Waals surface area (Å²) in [6, 6.07) is 17.9. The van der Waals surface area contributed by atoms with Crippen molar-refractivity contribution < 1.29 is 9.53 Å². The standard InChI is InChI=1S/C21H23N3O2/c22-19-20(17-8-4-5-9-18(17)26-21(19)25)23-16-10-12-24(13-11-16)14-15-6-2-1-3-7-15/h1-9,16,20,22-23H,10-14H2. The van der Waals surface area contributed by atoms with Crippen LogP contribution in [0.3, 0.4) is 0 Å². The zero-order valence-corrected chi connectivity index (χ0v) is 14.7. The van der Waals surface area contributed by atoms with Gasteiger partial charge in [0.1, 0.15) is 11.5 Å². The maximum atomic E-state index is 12.0. The van der Waals surface area contributed by atoms with Crippen LogP contribution in [0, 0.1) is 5.41 Å². The Hall–Kier alpha value is -2.50. The van der Waals surface area contributed by atoms with Gasteiger partial charge in [-0.05, 0) is 37.6 Å². The first-order valence-electron chi connectivity index (χ1n) is 9.12. The van der Waals surface area contributed by atoms with E-state index in [0.29, 0.717) is 11.8 Å². The average molecular weight is 349 g/mol. The van der Waals surface area contributed by atoms with Gasteiger partial charge in [0, 0.05) is 18.2 Å². The topological polar surface area (TPSA) is 65.4 Å². The monoisotopic (exact) mass is 349 g/mol. The van der Waals surface area contributed by atoms with Crippen LogP contribution in [0.15, 0.2) is 54.6 Å². The molecule has 5 nitrogen and oxygen atoms in total. The molecule has 4 rings (SSSR count). The first-order valence-corrected chi connectivity index (χ1v) is 9.12. The molecule has 26 heavy (non-hydrogen) atoms. The van der Waals surface area contributed by atoms with Gasteiger partial charge < -0.3 is 10.1 Å². The molecule has 0 spiro atoms. The van der Waals surface area contributed by atoms with E-state index in [2.05, 4.69) is 34.5 Å². The lowest BCUT2D eigenvalue weighted by Crippen LogP contribution is -2.47. The predicted octanol–water partition coefficient (Wildman–Crippen LogP) is 2.92. The highest BCUT2D eigenvalue weighted by Gasteiger charge is 2.34. The van der Waals surface area contributed by atoms with Gasteiger partial charge in [0.05, 0.1) is 6.04 Å².